The monoisotopic (exact) mass is 396 g/mol. The van der Waals surface area contributed by atoms with Crippen molar-refractivity contribution in [3.63, 3.8) is 0 Å². The number of anilines is 1. The summed E-state index contributed by atoms with van der Waals surface area (Å²) in [6.45, 7) is 5.17. The second-order valence-electron chi connectivity index (χ2n) is 7.83. The van der Waals surface area contributed by atoms with Crippen molar-refractivity contribution in [1.29, 1.82) is 0 Å². The molecule has 0 spiro atoms. The lowest BCUT2D eigenvalue weighted by Gasteiger charge is -2.25. The van der Waals surface area contributed by atoms with Crippen LogP contribution >= 0.6 is 0 Å². The van der Waals surface area contributed by atoms with Crippen molar-refractivity contribution in [2.24, 2.45) is 0 Å². The quantitative estimate of drug-likeness (QED) is 0.774. The summed E-state index contributed by atoms with van der Waals surface area (Å²) in [6, 6.07) is 10.3. The molecule has 1 aromatic carbocycles. The minimum Gasteiger partial charge on any atom is -0.489 e. The maximum absolute atomic E-state index is 11.2. The van der Waals surface area contributed by atoms with Crippen LogP contribution in [0.25, 0.3) is 0 Å². The minimum atomic E-state index is -0.0326. The Balaban J connectivity index is 1.32. The first kappa shape index (κ1) is 19.5. The molecule has 0 unspecified atom stereocenters. The van der Waals surface area contributed by atoms with Gasteiger partial charge in [0, 0.05) is 26.1 Å². The average molecular weight is 396 g/mol. The first-order chi connectivity index (χ1) is 14.1. The van der Waals surface area contributed by atoms with Gasteiger partial charge in [-0.15, -0.1) is 0 Å². The average Bonchev–Trinajstić information content (AvgIpc) is 3.13. The maximum atomic E-state index is 11.2. The highest BCUT2D eigenvalue weighted by molar-refractivity contribution is 5.73. The van der Waals surface area contributed by atoms with Gasteiger partial charge in [0.25, 0.3) is 0 Å². The Morgan fingerprint density at radius 3 is 2.62 bits per heavy atom. The molecule has 1 saturated heterocycles. The third-order valence-corrected chi connectivity index (χ3v) is 5.51. The Morgan fingerprint density at radius 2 is 1.93 bits per heavy atom. The van der Waals surface area contributed by atoms with E-state index < -0.39 is 0 Å². The maximum Gasteiger partial charge on any atom is 0.318 e. The Bertz CT molecular complexity index is 838. The molecule has 7 nitrogen and oxygen atoms in total. The van der Waals surface area contributed by atoms with Gasteiger partial charge >= 0.3 is 6.01 Å². The highest BCUT2D eigenvalue weighted by Gasteiger charge is 2.26. The smallest absolute Gasteiger partial charge is 0.318 e. The Kier molecular flexibility index (Phi) is 5.83. The molecule has 2 aliphatic rings. The minimum absolute atomic E-state index is 0.0161. The van der Waals surface area contributed by atoms with Crippen LogP contribution in [0.2, 0.25) is 0 Å². The van der Waals surface area contributed by atoms with E-state index >= 15 is 0 Å². The van der Waals surface area contributed by atoms with E-state index in [1.54, 1.807) is 6.20 Å². The number of benzene rings is 1. The second kappa shape index (κ2) is 8.68. The fourth-order valence-electron chi connectivity index (χ4n) is 3.65. The Hall–Kier alpha value is -2.83. The van der Waals surface area contributed by atoms with Crippen LogP contribution in [0.1, 0.15) is 51.1 Å². The molecule has 1 aliphatic carbocycles. The summed E-state index contributed by atoms with van der Waals surface area (Å²) in [5.41, 5.74) is 1.06. The summed E-state index contributed by atoms with van der Waals surface area (Å²) in [5.74, 6) is 1.70. The summed E-state index contributed by atoms with van der Waals surface area (Å²) < 4.78 is 12.0. The number of amides is 1. The molecule has 29 heavy (non-hydrogen) atoms. The third-order valence-electron chi connectivity index (χ3n) is 5.51. The highest BCUT2D eigenvalue weighted by Crippen LogP contribution is 2.26. The summed E-state index contributed by atoms with van der Waals surface area (Å²) in [7, 11) is 0. The van der Waals surface area contributed by atoms with Crippen molar-refractivity contribution >= 4 is 11.7 Å². The van der Waals surface area contributed by atoms with E-state index in [-0.39, 0.29) is 24.2 Å². The molecule has 2 heterocycles. The molecular formula is C22H28N4O3. The zero-order valence-corrected chi connectivity index (χ0v) is 17.0. The second-order valence-corrected chi connectivity index (χ2v) is 7.83. The number of aromatic nitrogens is 2. The number of rotatable bonds is 7. The van der Waals surface area contributed by atoms with E-state index in [1.807, 2.05) is 37.3 Å². The molecule has 7 heteroatoms. The molecule has 2 aromatic rings. The van der Waals surface area contributed by atoms with Gasteiger partial charge in [-0.1, -0.05) is 12.1 Å². The first-order valence-electron chi connectivity index (χ1n) is 10.3. The van der Waals surface area contributed by atoms with E-state index in [0.717, 1.165) is 49.5 Å². The molecule has 2 atom stereocenters. The van der Waals surface area contributed by atoms with Crippen LogP contribution in [0.4, 0.5) is 5.82 Å². The van der Waals surface area contributed by atoms with Crippen molar-refractivity contribution in [2.45, 2.75) is 57.8 Å². The first-order valence-corrected chi connectivity index (χ1v) is 10.3. The van der Waals surface area contributed by atoms with E-state index in [4.69, 9.17) is 9.47 Å². The fraction of sp³-hybridized carbons (Fsp3) is 0.500. The van der Waals surface area contributed by atoms with Crippen LogP contribution < -0.4 is 19.7 Å². The van der Waals surface area contributed by atoms with Gasteiger partial charge in [-0.05, 0) is 49.9 Å². The number of ether oxygens (including phenoxy) is 2. The normalized spacial score (nSPS) is 20.1. The number of carbonyl (C=O) groups is 1. The number of hydrogen-bond donors (Lipinski definition) is 1. The van der Waals surface area contributed by atoms with Crippen LogP contribution in [0.15, 0.2) is 36.5 Å². The predicted molar refractivity (Wildman–Crippen MR) is 110 cm³/mol. The van der Waals surface area contributed by atoms with Gasteiger partial charge in [-0.3, -0.25) is 4.79 Å². The van der Waals surface area contributed by atoms with Crippen molar-refractivity contribution in [2.75, 3.05) is 18.0 Å². The molecule has 0 radical (unpaired) electrons. The van der Waals surface area contributed by atoms with E-state index in [0.29, 0.717) is 6.01 Å². The van der Waals surface area contributed by atoms with Crippen molar-refractivity contribution in [3.05, 3.63) is 42.1 Å². The third kappa shape index (κ3) is 4.96. The molecule has 1 saturated carbocycles. The van der Waals surface area contributed by atoms with Crippen LogP contribution in [0.3, 0.4) is 0 Å². The van der Waals surface area contributed by atoms with E-state index in [9.17, 15) is 4.79 Å². The van der Waals surface area contributed by atoms with Crippen LogP contribution in [-0.2, 0) is 4.79 Å². The molecule has 1 aromatic heterocycles. The summed E-state index contributed by atoms with van der Waals surface area (Å²) in [5, 5.41) is 2.89. The molecule has 4 rings (SSSR count). The molecule has 1 N–H and O–H groups in total. The summed E-state index contributed by atoms with van der Waals surface area (Å²) in [6.07, 6.45) is 6.50. The van der Waals surface area contributed by atoms with Gasteiger partial charge in [0.2, 0.25) is 5.91 Å². The van der Waals surface area contributed by atoms with Gasteiger partial charge < -0.3 is 19.7 Å². The summed E-state index contributed by atoms with van der Waals surface area (Å²) in [4.78, 5) is 22.2. The Morgan fingerprint density at radius 1 is 1.14 bits per heavy atom. The van der Waals surface area contributed by atoms with Crippen molar-refractivity contribution in [3.8, 4) is 11.8 Å². The van der Waals surface area contributed by atoms with Gasteiger partial charge in [0.1, 0.15) is 23.8 Å². The molecule has 1 amide bonds. The van der Waals surface area contributed by atoms with Gasteiger partial charge in [0.05, 0.1) is 12.6 Å². The summed E-state index contributed by atoms with van der Waals surface area (Å²) >= 11 is 0. The molecule has 1 aliphatic heterocycles. The fourth-order valence-corrected chi connectivity index (χ4v) is 3.65. The number of nitrogens with zero attached hydrogens (tertiary/aromatic N) is 3. The van der Waals surface area contributed by atoms with Crippen LogP contribution in [0.5, 0.6) is 11.8 Å². The van der Waals surface area contributed by atoms with Crippen LogP contribution in [-0.4, -0.2) is 41.2 Å². The number of hydrogen-bond acceptors (Lipinski definition) is 6. The predicted octanol–water partition coefficient (Wildman–Crippen LogP) is 3.26. The molecule has 0 bridgehead atoms. The van der Waals surface area contributed by atoms with E-state index in [1.165, 1.54) is 13.3 Å². The molecule has 154 valence electrons. The number of nitrogens with one attached hydrogen (secondary N) is 1. The van der Waals surface area contributed by atoms with Gasteiger partial charge in [-0.2, -0.15) is 4.98 Å². The topological polar surface area (TPSA) is 76.6 Å². The lowest BCUT2D eigenvalue weighted by molar-refractivity contribution is -0.119. The SMILES string of the molecule is CC(=O)N[C@@H](C)c1ccc(O[C@@H]2CCN(c3ccnc(OC4CCC4)n3)C2)cc1. The van der Waals surface area contributed by atoms with Crippen molar-refractivity contribution < 1.29 is 14.3 Å². The van der Waals surface area contributed by atoms with E-state index in [2.05, 4.69) is 20.2 Å². The van der Waals surface area contributed by atoms with Gasteiger partial charge in [-0.25, -0.2) is 4.98 Å². The molecule has 2 fully saturated rings. The largest absolute Gasteiger partial charge is 0.489 e. The Labute approximate surface area is 171 Å². The standard InChI is InChI=1S/C22H28N4O3/c1-15(24-16(2)27)17-6-8-19(9-7-17)28-20-11-13-26(14-20)21-10-12-23-22(25-21)29-18-4-3-5-18/h6-10,12,15,18,20H,3-5,11,13-14H2,1-2H3,(H,24,27)/t15-,20+/m0/s1. The zero-order chi connectivity index (χ0) is 20.2. The number of carbonyl (C=O) groups excluding carboxylic acids is 1. The van der Waals surface area contributed by atoms with Crippen LogP contribution in [0, 0.1) is 0 Å². The van der Waals surface area contributed by atoms with Crippen molar-refractivity contribution in [1.82, 2.24) is 15.3 Å². The lowest BCUT2D eigenvalue weighted by atomic mass is 9.96. The molecular weight excluding hydrogens is 368 g/mol. The highest BCUT2D eigenvalue weighted by atomic mass is 16.5. The zero-order valence-electron chi connectivity index (χ0n) is 17.0. The van der Waals surface area contributed by atoms with Gasteiger partial charge in [0.15, 0.2) is 0 Å². The lowest BCUT2D eigenvalue weighted by Crippen LogP contribution is -2.27.